The maximum Gasteiger partial charge on any atom is 0.222 e. The monoisotopic (exact) mass is 892 g/mol. The van der Waals surface area contributed by atoms with Crippen LogP contribution in [0.5, 0.6) is 11.5 Å². The molecule has 0 radical (unpaired) electrons. The Hall–Kier alpha value is -4.51. The molecule has 4 heterocycles. The quantitative estimate of drug-likeness (QED) is 0.102. The average Bonchev–Trinajstić information content (AvgIpc) is 3.73. The molecule has 0 atom stereocenters. The Bertz CT molecular complexity index is 2390. The highest BCUT2D eigenvalue weighted by molar-refractivity contribution is 6.30. The second-order valence-electron chi connectivity index (χ2n) is 17.7. The number of nitrogens with zero attached hydrogens (tertiary/aromatic N) is 6. The Balaban J connectivity index is 0.000000189. The lowest BCUT2D eigenvalue weighted by atomic mass is 10.0. The Morgan fingerprint density at radius 1 is 0.603 bits per heavy atom. The summed E-state index contributed by atoms with van der Waals surface area (Å²) in [5.41, 5.74) is 7.45. The van der Waals surface area contributed by atoms with E-state index in [-0.39, 0.29) is 5.91 Å². The van der Waals surface area contributed by atoms with Crippen LogP contribution in [0, 0.1) is 0 Å². The van der Waals surface area contributed by atoms with Crippen molar-refractivity contribution >= 4 is 50.9 Å². The van der Waals surface area contributed by atoms with Crippen LogP contribution in [0.4, 0.5) is 0 Å². The number of benzene rings is 4. The number of likely N-dealkylation sites (tertiary alicyclic amines) is 2. The fourth-order valence-corrected chi connectivity index (χ4v) is 9.75. The molecule has 6 aromatic rings. The lowest BCUT2D eigenvalue weighted by molar-refractivity contribution is -0.132. The summed E-state index contributed by atoms with van der Waals surface area (Å²) in [6.45, 7) is 6.31. The number of piperidine rings is 2. The molecule has 0 unspecified atom stereocenters. The number of carbonyl (C=O) groups excluding carboxylic acids is 1. The minimum absolute atomic E-state index is 0.250. The fraction of sp³-hybridized carbons (Fsp3) is 0.442. The SMILES string of the molecule is CN(C)C1CCN(C(=O)CCc2c(COc3ccc(Cl)cc3)n(C)c3ccccc23)CC1.CN(C)C1CCN(CCCc2c(COc3ccc(Cl)cc3)n(C)c3ccccc23)CC1. The zero-order chi connectivity index (χ0) is 44.5. The summed E-state index contributed by atoms with van der Waals surface area (Å²) in [5, 5.41) is 3.97. The van der Waals surface area contributed by atoms with Gasteiger partial charge in [0.15, 0.2) is 0 Å². The molecule has 1 amide bonds. The van der Waals surface area contributed by atoms with Crippen LogP contribution in [0.3, 0.4) is 0 Å². The largest absolute Gasteiger partial charge is 0.487 e. The van der Waals surface area contributed by atoms with Crippen molar-refractivity contribution in [1.82, 2.24) is 28.7 Å². The molecule has 0 aliphatic carbocycles. The van der Waals surface area contributed by atoms with Crippen molar-refractivity contribution in [1.29, 1.82) is 0 Å². The summed E-state index contributed by atoms with van der Waals surface area (Å²) < 4.78 is 16.7. The average molecular weight is 894 g/mol. The first-order valence-corrected chi connectivity index (χ1v) is 23.4. The third-order valence-electron chi connectivity index (χ3n) is 13.4. The number of hydrogen-bond acceptors (Lipinski definition) is 6. The number of carbonyl (C=O) groups is 1. The molecule has 2 aliphatic rings. The molecule has 2 fully saturated rings. The third kappa shape index (κ3) is 11.8. The van der Waals surface area contributed by atoms with E-state index in [1.807, 2.05) is 53.4 Å². The zero-order valence-corrected chi connectivity index (χ0v) is 39.7. The zero-order valence-electron chi connectivity index (χ0n) is 38.2. The topological polar surface area (TPSA) is 58.4 Å². The molecule has 0 N–H and O–H groups in total. The van der Waals surface area contributed by atoms with Gasteiger partial charge in [-0.1, -0.05) is 59.6 Å². The van der Waals surface area contributed by atoms with Gasteiger partial charge in [-0.2, -0.15) is 0 Å². The number of hydrogen-bond donors (Lipinski definition) is 0. The smallest absolute Gasteiger partial charge is 0.222 e. The van der Waals surface area contributed by atoms with Gasteiger partial charge < -0.3 is 38.2 Å². The molecule has 4 aromatic carbocycles. The van der Waals surface area contributed by atoms with Crippen LogP contribution in [-0.2, 0) is 44.9 Å². The van der Waals surface area contributed by atoms with E-state index in [0.717, 1.165) is 66.1 Å². The van der Waals surface area contributed by atoms with E-state index in [0.29, 0.717) is 37.1 Å². The van der Waals surface area contributed by atoms with Crippen LogP contribution >= 0.6 is 23.2 Å². The van der Waals surface area contributed by atoms with Crippen molar-refractivity contribution in [3.63, 3.8) is 0 Å². The van der Waals surface area contributed by atoms with Crippen molar-refractivity contribution in [2.24, 2.45) is 14.1 Å². The number of para-hydroxylation sites is 2. The Labute approximate surface area is 385 Å². The van der Waals surface area contributed by atoms with E-state index in [1.165, 1.54) is 72.0 Å². The summed E-state index contributed by atoms with van der Waals surface area (Å²) in [4.78, 5) is 22.3. The van der Waals surface area contributed by atoms with Gasteiger partial charge in [-0.05, 0) is 165 Å². The molecule has 63 heavy (non-hydrogen) atoms. The highest BCUT2D eigenvalue weighted by atomic mass is 35.5. The van der Waals surface area contributed by atoms with E-state index >= 15 is 0 Å². The highest BCUT2D eigenvalue weighted by Gasteiger charge is 2.25. The lowest BCUT2D eigenvalue weighted by Crippen LogP contribution is -2.44. The van der Waals surface area contributed by atoms with E-state index in [9.17, 15) is 4.79 Å². The van der Waals surface area contributed by atoms with Gasteiger partial charge in [0.05, 0.1) is 11.4 Å². The molecule has 2 aromatic heterocycles. The Kier molecular flexibility index (Phi) is 16.2. The first-order chi connectivity index (χ1) is 30.5. The molecular formula is C52H66Cl2N6O3. The molecule has 2 aliphatic heterocycles. The normalized spacial score (nSPS) is 15.4. The van der Waals surface area contributed by atoms with Crippen molar-refractivity contribution < 1.29 is 14.3 Å². The molecule has 0 saturated carbocycles. The van der Waals surface area contributed by atoms with Gasteiger partial charge in [-0.25, -0.2) is 0 Å². The number of rotatable bonds is 15. The second-order valence-corrected chi connectivity index (χ2v) is 18.6. The third-order valence-corrected chi connectivity index (χ3v) is 13.9. The summed E-state index contributed by atoms with van der Waals surface area (Å²) in [5.74, 6) is 1.88. The van der Waals surface area contributed by atoms with Crippen LogP contribution in [-0.4, -0.2) is 108 Å². The van der Waals surface area contributed by atoms with E-state index in [1.54, 1.807) is 0 Å². The van der Waals surface area contributed by atoms with E-state index in [4.69, 9.17) is 32.7 Å². The molecule has 2 saturated heterocycles. The fourth-order valence-electron chi connectivity index (χ4n) is 9.50. The van der Waals surface area contributed by atoms with Crippen molar-refractivity contribution in [3.05, 3.63) is 130 Å². The van der Waals surface area contributed by atoms with Gasteiger partial charge >= 0.3 is 0 Å². The second kappa shape index (κ2) is 21.9. The molecule has 9 nitrogen and oxygen atoms in total. The van der Waals surface area contributed by atoms with Crippen molar-refractivity contribution in [2.75, 3.05) is 60.9 Å². The Morgan fingerprint density at radius 2 is 1.03 bits per heavy atom. The predicted molar refractivity (Wildman–Crippen MR) is 260 cm³/mol. The standard InChI is InChI=1S/C26H32ClN3O2.C26H34ClN3O/c1-28(2)20-14-16-30(17-15-20)26(31)13-12-23-22-6-4-5-7-24(22)29(3)25(23)18-32-21-10-8-19(27)9-11-21;1-28(2)21-14-17-30(18-15-21)16-6-8-24-23-7-4-5-9-25(23)29(3)26(24)19-31-22-12-10-20(27)11-13-22/h4-11,20H,12-18H2,1-3H3;4-5,7,9-13,21H,6,8,14-19H2,1-3H3. The summed E-state index contributed by atoms with van der Waals surface area (Å²) in [7, 11) is 12.9. The van der Waals surface area contributed by atoms with Gasteiger partial charge in [-0.3, -0.25) is 4.79 Å². The van der Waals surface area contributed by atoms with Crippen LogP contribution in [0.1, 0.15) is 61.0 Å². The van der Waals surface area contributed by atoms with Crippen molar-refractivity contribution in [3.8, 4) is 11.5 Å². The number of aromatic nitrogens is 2. The first kappa shape index (κ1) is 46.5. The predicted octanol–water partition coefficient (Wildman–Crippen LogP) is 10.3. The van der Waals surface area contributed by atoms with Gasteiger partial charge in [0.1, 0.15) is 24.7 Å². The molecule has 11 heteroatoms. The number of aryl methyl sites for hydroxylation is 4. The minimum Gasteiger partial charge on any atom is -0.487 e. The number of ether oxygens (including phenoxy) is 2. The van der Waals surface area contributed by atoms with Crippen molar-refractivity contribution in [2.45, 2.75) is 76.7 Å². The molecule has 0 bridgehead atoms. The van der Waals surface area contributed by atoms with Gasteiger partial charge in [0, 0.05) is 77.5 Å². The van der Waals surface area contributed by atoms with Gasteiger partial charge in [-0.15, -0.1) is 0 Å². The molecule has 336 valence electrons. The molecule has 8 rings (SSSR count). The molecular weight excluding hydrogens is 828 g/mol. The summed E-state index contributed by atoms with van der Waals surface area (Å²) in [6.07, 6.45) is 8.15. The van der Waals surface area contributed by atoms with Gasteiger partial charge in [0.2, 0.25) is 5.91 Å². The number of halogens is 2. The van der Waals surface area contributed by atoms with E-state index in [2.05, 4.69) is 115 Å². The highest BCUT2D eigenvalue weighted by Crippen LogP contribution is 2.30. The maximum atomic E-state index is 13.0. The van der Waals surface area contributed by atoms with Gasteiger partial charge in [0.25, 0.3) is 0 Å². The van der Waals surface area contributed by atoms with E-state index < -0.39 is 0 Å². The molecule has 0 spiro atoms. The summed E-state index contributed by atoms with van der Waals surface area (Å²) in [6, 6.07) is 33.4. The maximum absolute atomic E-state index is 13.0. The van der Waals surface area contributed by atoms with Crippen LogP contribution in [0.15, 0.2) is 97.1 Å². The Morgan fingerprint density at radius 3 is 1.49 bits per heavy atom. The van der Waals surface area contributed by atoms with Crippen LogP contribution < -0.4 is 9.47 Å². The number of fused-ring (bicyclic) bond motifs is 2. The van der Waals surface area contributed by atoms with Crippen LogP contribution in [0.2, 0.25) is 10.0 Å². The lowest BCUT2D eigenvalue weighted by Gasteiger charge is -2.35. The minimum atomic E-state index is 0.250. The first-order valence-electron chi connectivity index (χ1n) is 22.7. The van der Waals surface area contributed by atoms with Crippen LogP contribution in [0.25, 0.3) is 21.8 Å². The number of amides is 1. The summed E-state index contributed by atoms with van der Waals surface area (Å²) >= 11 is 12.0.